The molecule has 0 aromatic heterocycles. The van der Waals surface area contributed by atoms with E-state index in [1.165, 1.54) is 42.6 Å². The van der Waals surface area contributed by atoms with Gasteiger partial charge in [-0.15, -0.1) is 0 Å². The molecule has 2 fully saturated rings. The predicted molar refractivity (Wildman–Crippen MR) is 92.9 cm³/mol. The van der Waals surface area contributed by atoms with E-state index in [0.29, 0.717) is 5.54 Å². The van der Waals surface area contributed by atoms with Crippen LogP contribution in [0.25, 0.3) is 0 Å². The quantitative estimate of drug-likeness (QED) is 0.895. The fourth-order valence-electron chi connectivity index (χ4n) is 3.71. The van der Waals surface area contributed by atoms with Crippen molar-refractivity contribution in [3.05, 3.63) is 35.4 Å². The number of amidine groups is 1. The third kappa shape index (κ3) is 3.45. The van der Waals surface area contributed by atoms with Crippen molar-refractivity contribution in [2.45, 2.75) is 58.0 Å². The second-order valence-corrected chi connectivity index (χ2v) is 7.60. The van der Waals surface area contributed by atoms with Crippen LogP contribution in [0.5, 0.6) is 0 Å². The van der Waals surface area contributed by atoms with Gasteiger partial charge in [-0.25, -0.2) is 0 Å². The molecule has 1 aliphatic carbocycles. The van der Waals surface area contributed by atoms with Gasteiger partial charge in [-0.2, -0.15) is 0 Å². The average Bonchev–Trinajstić information content (AvgIpc) is 2.87. The SMILES string of the molecule is CCc1ccccc1CN=C1NC2(CCCC(C)C2)CS1. The largest absolute Gasteiger partial charge is 0.359 e. The number of rotatable bonds is 3. The minimum absolute atomic E-state index is 0.339. The van der Waals surface area contributed by atoms with E-state index in [0.717, 1.165) is 24.1 Å². The highest BCUT2D eigenvalue weighted by Crippen LogP contribution is 2.38. The van der Waals surface area contributed by atoms with Crippen LogP contribution in [0.3, 0.4) is 0 Å². The van der Waals surface area contributed by atoms with E-state index in [1.807, 2.05) is 11.8 Å². The Morgan fingerprint density at radius 1 is 1.33 bits per heavy atom. The predicted octanol–water partition coefficient (Wildman–Crippen LogP) is 4.39. The maximum absolute atomic E-state index is 4.85. The third-order valence-electron chi connectivity index (χ3n) is 4.84. The monoisotopic (exact) mass is 302 g/mol. The van der Waals surface area contributed by atoms with E-state index >= 15 is 0 Å². The van der Waals surface area contributed by atoms with Crippen molar-refractivity contribution in [2.75, 3.05) is 5.75 Å². The van der Waals surface area contributed by atoms with Crippen LogP contribution in [0.1, 0.15) is 50.7 Å². The Morgan fingerprint density at radius 2 is 2.14 bits per heavy atom. The molecule has 21 heavy (non-hydrogen) atoms. The van der Waals surface area contributed by atoms with Crippen LogP contribution in [-0.2, 0) is 13.0 Å². The van der Waals surface area contributed by atoms with Crippen LogP contribution in [0.4, 0.5) is 0 Å². The third-order valence-corrected chi connectivity index (χ3v) is 6.04. The normalized spacial score (nSPS) is 30.8. The van der Waals surface area contributed by atoms with Gasteiger partial charge in [0.05, 0.1) is 6.54 Å². The Bertz CT molecular complexity index is 526. The fraction of sp³-hybridized carbons (Fsp3) is 0.611. The van der Waals surface area contributed by atoms with Gasteiger partial charge in [-0.1, -0.05) is 62.7 Å². The lowest BCUT2D eigenvalue weighted by Gasteiger charge is -2.36. The summed E-state index contributed by atoms with van der Waals surface area (Å²) in [5.41, 5.74) is 3.13. The van der Waals surface area contributed by atoms with E-state index in [-0.39, 0.29) is 0 Å². The van der Waals surface area contributed by atoms with Crippen molar-refractivity contribution in [1.82, 2.24) is 5.32 Å². The molecule has 3 rings (SSSR count). The van der Waals surface area contributed by atoms with Gasteiger partial charge in [-0.05, 0) is 36.3 Å². The molecule has 1 spiro atoms. The van der Waals surface area contributed by atoms with Crippen molar-refractivity contribution < 1.29 is 0 Å². The first kappa shape index (κ1) is 15.0. The molecule has 1 aromatic rings. The Balaban J connectivity index is 1.66. The zero-order chi connectivity index (χ0) is 14.7. The number of aryl methyl sites for hydroxylation is 1. The Kier molecular flexibility index (Phi) is 4.58. The van der Waals surface area contributed by atoms with Gasteiger partial charge in [0.25, 0.3) is 0 Å². The number of hydrogen-bond donors (Lipinski definition) is 1. The lowest BCUT2D eigenvalue weighted by Crippen LogP contribution is -2.47. The zero-order valence-electron chi connectivity index (χ0n) is 13.2. The molecule has 1 aliphatic heterocycles. The number of nitrogens with one attached hydrogen (secondary N) is 1. The summed E-state index contributed by atoms with van der Waals surface area (Å²) in [6, 6.07) is 8.67. The van der Waals surface area contributed by atoms with Crippen LogP contribution in [0.2, 0.25) is 0 Å². The molecule has 0 amide bonds. The summed E-state index contributed by atoms with van der Waals surface area (Å²) >= 11 is 1.92. The summed E-state index contributed by atoms with van der Waals surface area (Å²) in [6.45, 7) is 5.41. The molecule has 2 atom stereocenters. The lowest BCUT2D eigenvalue weighted by molar-refractivity contribution is 0.242. The van der Waals surface area contributed by atoms with Crippen LogP contribution in [0, 0.1) is 5.92 Å². The topological polar surface area (TPSA) is 24.4 Å². The first-order valence-electron chi connectivity index (χ1n) is 8.23. The first-order valence-corrected chi connectivity index (χ1v) is 9.21. The smallest absolute Gasteiger partial charge is 0.157 e. The summed E-state index contributed by atoms with van der Waals surface area (Å²) < 4.78 is 0. The van der Waals surface area contributed by atoms with Crippen molar-refractivity contribution in [3.8, 4) is 0 Å². The van der Waals surface area contributed by atoms with E-state index in [2.05, 4.69) is 43.4 Å². The Hall–Kier alpha value is -0.960. The molecule has 3 heteroatoms. The van der Waals surface area contributed by atoms with Crippen molar-refractivity contribution >= 4 is 16.9 Å². The molecule has 2 aliphatic rings. The highest BCUT2D eigenvalue weighted by Gasteiger charge is 2.40. The van der Waals surface area contributed by atoms with Crippen molar-refractivity contribution in [1.29, 1.82) is 0 Å². The number of thioether (sulfide) groups is 1. The summed E-state index contributed by atoms with van der Waals surface area (Å²) in [6.07, 6.45) is 6.47. The van der Waals surface area contributed by atoms with Gasteiger partial charge in [-0.3, -0.25) is 4.99 Å². The number of aliphatic imine (C=N–C) groups is 1. The van der Waals surface area contributed by atoms with Gasteiger partial charge in [0.1, 0.15) is 0 Å². The molecule has 2 nitrogen and oxygen atoms in total. The number of hydrogen-bond acceptors (Lipinski definition) is 2. The second kappa shape index (κ2) is 6.43. The molecule has 2 unspecified atom stereocenters. The molecule has 1 saturated heterocycles. The summed E-state index contributed by atoms with van der Waals surface area (Å²) in [5, 5.41) is 4.92. The van der Waals surface area contributed by atoms with E-state index < -0.39 is 0 Å². The lowest BCUT2D eigenvalue weighted by atomic mass is 9.78. The van der Waals surface area contributed by atoms with Crippen LogP contribution in [0.15, 0.2) is 29.3 Å². The van der Waals surface area contributed by atoms with Crippen LogP contribution >= 0.6 is 11.8 Å². The van der Waals surface area contributed by atoms with Crippen LogP contribution < -0.4 is 5.32 Å². The molecule has 1 heterocycles. The highest BCUT2D eigenvalue weighted by molar-refractivity contribution is 8.14. The van der Waals surface area contributed by atoms with Crippen LogP contribution in [-0.4, -0.2) is 16.5 Å². The zero-order valence-corrected chi connectivity index (χ0v) is 14.0. The summed E-state index contributed by atoms with van der Waals surface area (Å²) in [4.78, 5) is 4.85. The minimum Gasteiger partial charge on any atom is -0.359 e. The van der Waals surface area contributed by atoms with Gasteiger partial charge in [0.2, 0.25) is 0 Å². The summed E-state index contributed by atoms with van der Waals surface area (Å²) in [7, 11) is 0. The van der Waals surface area contributed by atoms with Crippen molar-refractivity contribution in [3.63, 3.8) is 0 Å². The minimum atomic E-state index is 0.339. The van der Waals surface area contributed by atoms with Gasteiger partial charge >= 0.3 is 0 Å². The Labute approximate surface area is 132 Å². The van der Waals surface area contributed by atoms with E-state index in [1.54, 1.807) is 0 Å². The van der Waals surface area contributed by atoms with Crippen molar-refractivity contribution in [2.24, 2.45) is 10.9 Å². The molecule has 1 N–H and O–H groups in total. The van der Waals surface area contributed by atoms with E-state index in [9.17, 15) is 0 Å². The maximum atomic E-state index is 4.85. The molecular formula is C18H26N2S. The molecule has 0 bridgehead atoms. The summed E-state index contributed by atoms with van der Waals surface area (Å²) in [5.74, 6) is 2.05. The molecular weight excluding hydrogens is 276 g/mol. The molecule has 1 saturated carbocycles. The fourth-order valence-corrected chi connectivity index (χ4v) is 4.90. The van der Waals surface area contributed by atoms with Gasteiger partial charge in [0.15, 0.2) is 5.17 Å². The molecule has 1 aromatic carbocycles. The standard InChI is InChI=1S/C18H26N2S/c1-3-15-8-4-5-9-16(15)12-19-17-20-18(13-21-17)10-6-7-14(2)11-18/h4-5,8-9,14H,3,6-7,10-13H2,1-2H3,(H,19,20). The van der Waals surface area contributed by atoms with Gasteiger partial charge < -0.3 is 5.32 Å². The Morgan fingerprint density at radius 3 is 2.90 bits per heavy atom. The second-order valence-electron chi connectivity index (χ2n) is 6.64. The number of nitrogens with zero attached hydrogens (tertiary/aromatic N) is 1. The van der Waals surface area contributed by atoms with Gasteiger partial charge in [0, 0.05) is 11.3 Å². The first-order chi connectivity index (χ1) is 10.2. The maximum Gasteiger partial charge on any atom is 0.157 e. The van der Waals surface area contributed by atoms with E-state index in [4.69, 9.17) is 4.99 Å². The molecule has 114 valence electrons. The number of benzene rings is 1. The average molecular weight is 302 g/mol. The molecule has 0 radical (unpaired) electrons. The highest BCUT2D eigenvalue weighted by atomic mass is 32.2.